The first kappa shape index (κ1) is 8.42. The lowest BCUT2D eigenvalue weighted by atomic mass is 10.1. The summed E-state index contributed by atoms with van der Waals surface area (Å²) in [6.07, 6.45) is 2.56. The Morgan fingerprint density at radius 2 is 2.21 bits per heavy atom. The van der Waals surface area contributed by atoms with E-state index in [2.05, 4.69) is 23.3 Å². The van der Waals surface area contributed by atoms with Gasteiger partial charge >= 0.3 is 0 Å². The minimum atomic E-state index is 0.359. The van der Waals surface area contributed by atoms with E-state index in [4.69, 9.17) is 11.6 Å². The van der Waals surface area contributed by atoms with Crippen molar-refractivity contribution in [3.63, 3.8) is 0 Å². The van der Waals surface area contributed by atoms with Crippen molar-refractivity contribution in [2.45, 2.75) is 18.4 Å². The number of anilines is 2. The summed E-state index contributed by atoms with van der Waals surface area (Å²) >= 11 is 6.21. The minimum Gasteiger partial charge on any atom is -0.381 e. The average molecular weight is 209 g/mol. The lowest BCUT2D eigenvalue weighted by molar-refractivity contribution is 0.641. The van der Waals surface area contributed by atoms with Gasteiger partial charge < -0.3 is 10.2 Å². The molecule has 0 bridgehead atoms. The van der Waals surface area contributed by atoms with Crippen LogP contribution in [0.1, 0.15) is 12.8 Å². The third kappa shape index (κ3) is 0.976. The summed E-state index contributed by atoms with van der Waals surface area (Å²) < 4.78 is 0. The molecule has 1 aliphatic heterocycles. The van der Waals surface area contributed by atoms with Gasteiger partial charge in [-0.1, -0.05) is 17.7 Å². The predicted molar refractivity (Wildman–Crippen MR) is 60.3 cm³/mol. The van der Waals surface area contributed by atoms with Gasteiger partial charge in [0.15, 0.2) is 0 Å². The van der Waals surface area contributed by atoms with Crippen molar-refractivity contribution < 1.29 is 0 Å². The highest BCUT2D eigenvalue weighted by Crippen LogP contribution is 2.50. The van der Waals surface area contributed by atoms with Crippen molar-refractivity contribution >= 4 is 23.0 Å². The first-order chi connectivity index (χ1) is 6.73. The molecule has 1 saturated carbocycles. The van der Waals surface area contributed by atoms with E-state index in [1.165, 1.54) is 12.8 Å². The Morgan fingerprint density at radius 3 is 2.93 bits per heavy atom. The van der Waals surface area contributed by atoms with Crippen LogP contribution in [-0.4, -0.2) is 19.1 Å². The van der Waals surface area contributed by atoms with Gasteiger partial charge in [-0.15, -0.1) is 0 Å². The topological polar surface area (TPSA) is 15.3 Å². The van der Waals surface area contributed by atoms with Crippen LogP contribution in [0.3, 0.4) is 0 Å². The van der Waals surface area contributed by atoms with Gasteiger partial charge in [-0.25, -0.2) is 0 Å². The van der Waals surface area contributed by atoms with E-state index in [-0.39, 0.29) is 0 Å². The fourth-order valence-electron chi connectivity index (χ4n) is 2.27. The van der Waals surface area contributed by atoms with Crippen molar-refractivity contribution in [1.82, 2.24) is 0 Å². The van der Waals surface area contributed by atoms with Crippen LogP contribution >= 0.6 is 11.6 Å². The molecule has 0 aromatic heterocycles. The fourth-order valence-corrected chi connectivity index (χ4v) is 2.57. The summed E-state index contributed by atoms with van der Waals surface area (Å²) in [5, 5.41) is 4.31. The molecule has 14 heavy (non-hydrogen) atoms. The summed E-state index contributed by atoms with van der Waals surface area (Å²) in [4.78, 5) is 2.35. The van der Waals surface area contributed by atoms with Gasteiger partial charge in [0.25, 0.3) is 0 Å². The maximum Gasteiger partial charge on any atom is 0.0793 e. The molecule has 0 saturated heterocycles. The molecule has 0 radical (unpaired) electrons. The van der Waals surface area contributed by atoms with E-state index >= 15 is 0 Å². The van der Waals surface area contributed by atoms with Crippen molar-refractivity contribution in [1.29, 1.82) is 0 Å². The molecule has 2 aliphatic rings. The van der Waals surface area contributed by atoms with Gasteiger partial charge in [0, 0.05) is 13.6 Å². The Balaban J connectivity index is 2.13. The molecule has 3 heteroatoms. The molecule has 3 rings (SSSR count). The largest absolute Gasteiger partial charge is 0.381 e. The Kier molecular flexibility index (Phi) is 1.55. The average Bonchev–Trinajstić information content (AvgIpc) is 2.93. The number of para-hydroxylation sites is 1. The molecule has 1 aromatic carbocycles. The molecule has 1 aromatic rings. The molecular formula is C11H13ClN2. The zero-order valence-electron chi connectivity index (χ0n) is 8.18. The van der Waals surface area contributed by atoms with Gasteiger partial charge in [-0.05, 0) is 25.0 Å². The second kappa shape index (κ2) is 2.57. The van der Waals surface area contributed by atoms with Gasteiger partial charge in [-0.3, -0.25) is 0 Å². The zero-order chi connectivity index (χ0) is 9.76. The van der Waals surface area contributed by atoms with Gasteiger partial charge in [0.1, 0.15) is 0 Å². The number of likely N-dealkylation sites (N-methyl/N-ethyl adjacent to an activating group) is 1. The maximum atomic E-state index is 6.21. The smallest absolute Gasteiger partial charge is 0.0793 e. The first-order valence-electron chi connectivity index (χ1n) is 4.99. The molecule has 1 fully saturated rings. The predicted octanol–water partition coefficient (Wildman–Crippen LogP) is 2.73. The number of rotatable bonds is 0. The van der Waals surface area contributed by atoms with Gasteiger partial charge in [0.05, 0.1) is 21.9 Å². The normalized spacial score (nSPS) is 21.7. The summed E-state index contributed by atoms with van der Waals surface area (Å²) in [6.45, 7) is 1.05. The van der Waals surface area contributed by atoms with Crippen LogP contribution in [0.5, 0.6) is 0 Å². The van der Waals surface area contributed by atoms with Crippen LogP contribution in [0.25, 0.3) is 0 Å². The third-order valence-electron chi connectivity index (χ3n) is 3.47. The van der Waals surface area contributed by atoms with E-state index < -0.39 is 0 Å². The molecule has 0 amide bonds. The highest BCUT2D eigenvalue weighted by atomic mass is 35.5. The number of nitrogens with one attached hydrogen (secondary N) is 1. The van der Waals surface area contributed by atoms with Gasteiger partial charge in [-0.2, -0.15) is 0 Å². The molecule has 1 N–H and O–H groups in total. The standard InChI is InChI=1S/C11H13ClN2/c1-14-10-8(12)3-2-4-9(10)13-7-11(14)5-6-11/h2-4,13H,5-7H2,1H3. The van der Waals surface area contributed by atoms with E-state index in [1.54, 1.807) is 0 Å². The second-order valence-corrected chi connectivity index (χ2v) is 4.68. The van der Waals surface area contributed by atoms with Crippen molar-refractivity contribution in [2.24, 2.45) is 0 Å². The fraction of sp³-hybridized carbons (Fsp3) is 0.455. The van der Waals surface area contributed by atoms with E-state index in [0.29, 0.717) is 5.54 Å². The van der Waals surface area contributed by atoms with Gasteiger partial charge in [0.2, 0.25) is 0 Å². The number of nitrogens with zero attached hydrogens (tertiary/aromatic N) is 1. The quantitative estimate of drug-likeness (QED) is 0.706. The zero-order valence-corrected chi connectivity index (χ0v) is 8.93. The van der Waals surface area contributed by atoms with E-state index in [1.807, 2.05) is 12.1 Å². The lowest BCUT2D eigenvalue weighted by Gasteiger charge is -2.37. The molecular weight excluding hydrogens is 196 g/mol. The monoisotopic (exact) mass is 208 g/mol. The molecule has 1 aliphatic carbocycles. The van der Waals surface area contributed by atoms with Crippen molar-refractivity contribution in [3.8, 4) is 0 Å². The number of fused-ring (bicyclic) bond motifs is 1. The van der Waals surface area contributed by atoms with Crippen LogP contribution < -0.4 is 10.2 Å². The number of halogens is 1. The van der Waals surface area contributed by atoms with Crippen LogP contribution in [0, 0.1) is 0 Å². The first-order valence-corrected chi connectivity index (χ1v) is 5.37. The molecule has 1 heterocycles. The number of benzene rings is 1. The van der Waals surface area contributed by atoms with Crippen molar-refractivity contribution in [2.75, 3.05) is 23.8 Å². The third-order valence-corrected chi connectivity index (χ3v) is 3.77. The van der Waals surface area contributed by atoms with Crippen LogP contribution in [0.15, 0.2) is 18.2 Å². The Hall–Kier alpha value is -0.890. The molecule has 0 unspecified atom stereocenters. The Morgan fingerprint density at radius 1 is 1.43 bits per heavy atom. The molecule has 1 spiro atoms. The summed E-state index contributed by atoms with van der Waals surface area (Å²) in [5.41, 5.74) is 2.69. The lowest BCUT2D eigenvalue weighted by Crippen LogP contribution is -2.43. The molecule has 74 valence electrons. The Bertz CT molecular complexity index is 385. The van der Waals surface area contributed by atoms with Crippen LogP contribution in [-0.2, 0) is 0 Å². The van der Waals surface area contributed by atoms with Crippen LogP contribution in [0.4, 0.5) is 11.4 Å². The second-order valence-electron chi connectivity index (χ2n) is 4.27. The molecule has 2 nitrogen and oxygen atoms in total. The highest BCUT2D eigenvalue weighted by molar-refractivity contribution is 6.34. The van der Waals surface area contributed by atoms with Crippen molar-refractivity contribution in [3.05, 3.63) is 23.2 Å². The van der Waals surface area contributed by atoms with Crippen LogP contribution in [0.2, 0.25) is 5.02 Å². The van der Waals surface area contributed by atoms with E-state index in [0.717, 1.165) is 22.9 Å². The summed E-state index contributed by atoms with van der Waals surface area (Å²) in [5.74, 6) is 0. The summed E-state index contributed by atoms with van der Waals surface area (Å²) in [6, 6.07) is 6.04. The molecule has 0 atom stereocenters. The van der Waals surface area contributed by atoms with E-state index in [9.17, 15) is 0 Å². The Labute approximate surface area is 88.9 Å². The maximum absolute atomic E-state index is 6.21. The number of hydrogen-bond acceptors (Lipinski definition) is 2. The summed E-state index contributed by atoms with van der Waals surface area (Å²) in [7, 11) is 2.15. The SMILES string of the molecule is CN1c2c(Cl)cccc2NCC12CC2. The highest BCUT2D eigenvalue weighted by Gasteiger charge is 2.49. The number of hydrogen-bond donors (Lipinski definition) is 1. The minimum absolute atomic E-state index is 0.359.